The van der Waals surface area contributed by atoms with E-state index >= 15 is 0 Å². The minimum absolute atomic E-state index is 0.0241. The third-order valence-electron chi connectivity index (χ3n) is 5.31. The molecule has 1 N–H and O–H groups in total. The van der Waals surface area contributed by atoms with E-state index in [1.54, 1.807) is 18.2 Å². The fourth-order valence-corrected chi connectivity index (χ4v) is 4.25. The van der Waals surface area contributed by atoms with E-state index in [9.17, 15) is 9.18 Å². The summed E-state index contributed by atoms with van der Waals surface area (Å²) < 4.78 is 20.2. The van der Waals surface area contributed by atoms with Crippen LogP contribution < -0.4 is 5.32 Å². The Morgan fingerprint density at radius 3 is 2.37 bits per heavy atom. The number of aryl methyl sites for hydroxylation is 1. The Kier molecular flexibility index (Phi) is 6.00. The van der Waals surface area contributed by atoms with E-state index in [4.69, 9.17) is 4.74 Å². The summed E-state index contributed by atoms with van der Waals surface area (Å²) in [6.07, 6.45) is 2.85. The number of hydrogen-bond acceptors (Lipinski definition) is 2. The maximum absolute atomic E-state index is 14.0. The van der Waals surface area contributed by atoms with Gasteiger partial charge in [0, 0.05) is 22.5 Å². The van der Waals surface area contributed by atoms with Crippen LogP contribution in [0.15, 0.2) is 71.2 Å². The predicted molar refractivity (Wildman–Crippen MR) is 121 cm³/mol. The molecule has 0 bridgehead atoms. The quantitative estimate of drug-likeness (QED) is 0.470. The topological polar surface area (TPSA) is 38.3 Å². The number of alkyl carbamates (subject to hydrolysis) is 1. The van der Waals surface area contributed by atoms with Gasteiger partial charge in [-0.25, -0.2) is 9.18 Å². The molecule has 152 valence electrons. The van der Waals surface area contributed by atoms with Crippen LogP contribution in [-0.4, -0.2) is 19.2 Å². The fraction of sp³-hybridized carbons (Fsp3) is 0.160. The lowest BCUT2D eigenvalue weighted by Crippen LogP contribution is -2.26. The van der Waals surface area contributed by atoms with Crippen LogP contribution in [0.1, 0.15) is 28.2 Å². The summed E-state index contributed by atoms with van der Waals surface area (Å²) in [6.45, 7) is 2.41. The Balaban J connectivity index is 1.36. The second-order valence-corrected chi connectivity index (χ2v) is 7.99. The van der Waals surface area contributed by atoms with E-state index in [0.717, 1.165) is 5.56 Å². The number of halogens is 2. The van der Waals surface area contributed by atoms with Gasteiger partial charge in [0.05, 0.1) is 0 Å². The van der Waals surface area contributed by atoms with Crippen molar-refractivity contribution in [2.75, 3.05) is 13.2 Å². The summed E-state index contributed by atoms with van der Waals surface area (Å²) >= 11 is 3.40. The molecular formula is C25H21BrFNO2. The lowest BCUT2D eigenvalue weighted by molar-refractivity contribution is 0.144. The predicted octanol–water partition coefficient (Wildman–Crippen LogP) is 6.45. The van der Waals surface area contributed by atoms with Gasteiger partial charge in [-0.3, -0.25) is 0 Å². The second kappa shape index (κ2) is 8.84. The molecule has 0 aliphatic heterocycles. The van der Waals surface area contributed by atoms with Crippen molar-refractivity contribution in [3.63, 3.8) is 0 Å². The van der Waals surface area contributed by atoms with E-state index in [1.807, 2.05) is 31.2 Å². The van der Waals surface area contributed by atoms with Gasteiger partial charge in [-0.05, 0) is 56.7 Å². The highest BCUT2D eigenvalue weighted by atomic mass is 79.9. The molecule has 3 nitrogen and oxygen atoms in total. The van der Waals surface area contributed by atoms with Crippen LogP contribution in [0.2, 0.25) is 0 Å². The first-order chi connectivity index (χ1) is 14.6. The molecule has 1 amide bonds. The highest BCUT2D eigenvalue weighted by molar-refractivity contribution is 9.10. The summed E-state index contributed by atoms with van der Waals surface area (Å²) in [5.74, 6) is -0.291. The molecule has 3 aromatic rings. The first kappa shape index (κ1) is 20.4. The molecule has 4 rings (SSSR count). The maximum atomic E-state index is 14.0. The summed E-state index contributed by atoms with van der Waals surface area (Å²) in [5, 5.41) is 2.69. The lowest BCUT2D eigenvalue weighted by Gasteiger charge is -2.14. The molecule has 0 unspecified atom stereocenters. The van der Waals surface area contributed by atoms with Gasteiger partial charge >= 0.3 is 6.09 Å². The van der Waals surface area contributed by atoms with Crippen molar-refractivity contribution in [1.29, 1.82) is 0 Å². The summed E-state index contributed by atoms with van der Waals surface area (Å²) in [5.41, 5.74) is 6.13. The van der Waals surface area contributed by atoms with Crippen molar-refractivity contribution in [2.24, 2.45) is 0 Å². The number of benzene rings is 3. The van der Waals surface area contributed by atoms with Gasteiger partial charge in [0.2, 0.25) is 0 Å². The number of rotatable bonds is 5. The molecule has 0 saturated heterocycles. The third-order valence-corrected chi connectivity index (χ3v) is 6.36. The smallest absolute Gasteiger partial charge is 0.407 e. The Morgan fingerprint density at radius 2 is 1.70 bits per heavy atom. The Bertz CT molecular complexity index is 1080. The molecule has 0 spiro atoms. The van der Waals surface area contributed by atoms with Crippen LogP contribution in [0.25, 0.3) is 17.2 Å². The van der Waals surface area contributed by atoms with Crippen LogP contribution in [0.3, 0.4) is 0 Å². The first-order valence-electron chi connectivity index (χ1n) is 9.76. The Morgan fingerprint density at radius 1 is 1.07 bits per heavy atom. The van der Waals surface area contributed by atoms with Gasteiger partial charge in [-0.1, -0.05) is 66.7 Å². The minimum atomic E-state index is -0.495. The highest BCUT2D eigenvalue weighted by Gasteiger charge is 2.28. The molecule has 1 aliphatic carbocycles. The minimum Gasteiger partial charge on any atom is -0.449 e. The number of ether oxygens (including phenoxy) is 1. The number of carbonyl (C=O) groups is 1. The van der Waals surface area contributed by atoms with E-state index in [2.05, 4.69) is 45.5 Å². The fourth-order valence-electron chi connectivity index (χ4n) is 3.80. The molecule has 0 heterocycles. The van der Waals surface area contributed by atoms with Gasteiger partial charge in [-0.2, -0.15) is 0 Å². The van der Waals surface area contributed by atoms with Crippen molar-refractivity contribution < 1.29 is 13.9 Å². The van der Waals surface area contributed by atoms with Crippen LogP contribution in [0, 0.1) is 12.7 Å². The number of amides is 1. The summed E-state index contributed by atoms with van der Waals surface area (Å²) in [4.78, 5) is 12.2. The number of nitrogens with one attached hydrogen (secondary N) is 1. The third kappa shape index (κ3) is 4.03. The standard InChI is InChI=1S/C25H21BrFNO2/c1-16-12-13-23(27)21(24(16)26)11-6-14-28-25(29)30-15-22-19-9-4-2-7-17(19)18-8-3-5-10-20(18)22/h2-13,22H,14-15H2,1H3,(H,28,29). The molecule has 30 heavy (non-hydrogen) atoms. The van der Waals surface area contributed by atoms with Crippen LogP contribution in [0.4, 0.5) is 9.18 Å². The first-order valence-corrected chi connectivity index (χ1v) is 10.6. The van der Waals surface area contributed by atoms with Crippen molar-refractivity contribution in [3.05, 3.63) is 99.3 Å². The largest absolute Gasteiger partial charge is 0.449 e. The monoisotopic (exact) mass is 465 g/mol. The Labute approximate surface area is 183 Å². The average molecular weight is 466 g/mol. The van der Waals surface area contributed by atoms with Crippen LogP contribution >= 0.6 is 15.9 Å². The SMILES string of the molecule is Cc1ccc(F)c(C=CCNC(=O)OCC2c3ccccc3-c3ccccc32)c1Br. The maximum Gasteiger partial charge on any atom is 0.407 e. The van der Waals surface area contributed by atoms with E-state index in [-0.39, 0.29) is 24.9 Å². The van der Waals surface area contributed by atoms with E-state index in [0.29, 0.717) is 10.0 Å². The van der Waals surface area contributed by atoms with Crippen molar-refractivity contribution in [2.45, 2.75) is 12.8 Å². The van der Waals surface area contributed by atoms with Crippen LogP contribution in [-0.2, 0) is 4.74 Å². The van der Waals surface area contributed by atoms with E-state index in [1.165, 1.54) is 28.3 Å². The zero-order valence-electron chi connectivity index (χ0n) is 16.5. The van der Waals surface area contributed by atoms with Gasteiger partial charge in [0.1, 0.15) is 12.4 Å². The molecule has 0 atom stereocenters. The molecule has 0 saturated carbocycles. The number of carbonyl (C=O) groups excluding carboxylic acids is 1. The van der Waals surface area contributed by atoms with Crippen LogP contribution in [0.5, 0.6) is 0 Å². The molecule has 3 aromatic carbocycles. The second-order valence-electron chi connectivity index (χ2n) is 7.20. The Hall–Kier alpha value is -2.92. The molecule has 0 radical (unpaired) electrons. The summed E-state index contributed by atoms with van der Waals surface area (Å²) in [6, 6.07) is 19.6. The summed E-state index contributed by atoms with van der Waals surface area (Å²) in [7, 11) is 0. The zero-order valence-corrected chi connectivity index (χ0v) is 18.1. The lowest BCUT2D eigenvalue weighted by atomic mass is 9.98. The average Bonchev–Trinajstić information content (AvgIpc) is 3.08. The molecule has 0 fully saturated rings. The number of fused-ring (bicyclic) bond motifs is 3. The van der Waals surface area contributed by atoms with Crippen molar-refractivity contribution >= 4 is 28.1 Å². The highest BCUT2D eigenvalue weighted by Crippen LogP contribution is 2.44. The van der Waals surface area contributed by atoms with Crippen molar-refractivity contribution in [3.8, 4) is 11.1 Å². The van der Waals surface area contributed by atoms with Gasteiger partial charge in [-0.15, -0.1) is 0 Å². The van der Waals surface area contributed by atoms with E-state index < -0.39 is 6.09 Å². The van der Waals surface area contributed by atoms with Gasteiger partial charge < -0.3 is 10.1 Å². The molecule has 0 aromatic heterocycles. The van der Waals surface area contributed by atoms with Gasteiger partial charge in [0.15, 0.2) is 0 Å². The van der Waals surface area contributed by atoms with Gasteiger partial charge in [0.25, 0.3) is 0 Å². The number of hydrogen-bond donors (Lipinski definition) is 1. The molecule has 1 aliphatic rings. The molecular weight excluding hydrogens is 445 g/mol. The molecule has 5 heteroatoms. The normalized spacial score (nSPS) is 12.6. The van der Waals surface area contributed by atoms with Crippen molar-refractivity contribution in [1.82, 2.24) is 5.32 Å². The zero-order chi connectivity index (χ0) is 21.1.